The Bertz CT molecular complexity index is 1180. The summed E-state index contributed by atoms with van der Waals surface area (Å²) in [5.41, 5.74) is 3.73. The quantitative estimate of drug-likeness (QED) is 0.364. The largest absolute Gasteiger partial charge is 0.379 e. The maximum Gasteiger partial charge on any atom is 0.103 e. The number of halogens is 2. The lowest BCUT2D eigenvalue weighted by Gasteiger charge is -2.26. The summed E-state index contributed by atoms with van der Waals surface area (Å²) in [6, 6.07) is 13.5. The Morgan fingerprint density at radius 2 is 1.97 bits per heavy atom. The van der Waals surface area contributed by atoms with E-state index in [1.165, 1.54) is 12.8 Å². The number of anilines is 2. The number of aromatic nitrogens is 1. The number of nitriles is 1. The minimum Gasteiger partial charge on any atom is -0.379 e. The molecule has 2 heterocycles. The zero-order valence-electron chi connectivity index (χ0n) is 18.4. The molecule has 1 saturated heterocycles. The van der Waals surface area contributed by atoms with Crippen LogP contribution in [-0.4, -0.2) is 42.7 Å². The first kappa shape index (κ1) is 23.5. The normalized spacial score (nSPS) is 14.6. The zero-order valence-corrected chi connectivity index (χ0v) is 19.9. The molecule has 5 nitrogen and oxygen atoms in total. The van der Waals surface area contributed by atoms with E-state index in [0.29, 0.717) is 27.0 Å². The summed E-state index contributed by atoms with van der Waals surface area (Å²) in [6.07, 6.45) is 9.36. The number of hydrogen-bond acceptors (Lipinski definition) is 5. The van der Waals surface area contributed by atoms with Crippen molar-refractivity contribution in [1.82, 2.24) is 9.88 Å². The van der Waals surface area contributed by atoms with Crippen LogP contribution in [-0.2, 0) is 4.74 Å². The number of nitrogens with one attached hydrogen (secondary N) is 1. The van der Waals surface area contributed by atoms with Crippen LogP contribution >= 0.6 is 23.2 Å². The van der Waals surface area contributed by atoms with Gasteiger partial charge in [0.2, 0.25) is 0 Å². The van der Waals surface area contributed by atoms with Crippen LogP contribution < -0.4 is 5.32 Å². The minimum atomic E-state index is 0.456. The lowest BCUT2D eigenvalue weighted by molar-refractivity contribution is 0.0372. The monoisotopic (exact) mass is 480 g/mol. The molecule has 0 bridgehead atoms. The number of pyridine rings is 1. The lowest BCUT2D eigenvalue weighted by Crippen LogP contribution is -2.36. The van der Waals surface area contributed by atoms with Gasteiger partial charge in [-0.1, -0.05) is 47.5 Å². The highest BCUT2D eigenvalue weighted by atomic mass is 35.5. The molecule has 1 aliphatic heterocycles. The molecule has 0 saturated carbocycles. The summed E-state index contributed by atoms with van der Waals surface area (Å²) in [7, 11) is 0. The molecule has 0 aliphatic carbocycles. The highest BCUT2D eigenvalue weighted by Crippen LogP contribution is 2.33. The second kappa shape index (κ2) is 11.5. The van der Waals surface area contributed by atoms with Crippen LogP contribution in [0.25, 0.3) is 17.0 Å². The summed E-state index contributed by atoms with van der Waals surface area (Å²) >= 11 is 12.3. The Morgan fingerprint density at radius 3 is 2.76 bits per heavy atom. The van der Waals surface area contributed by atoms with Crippen molar-refractivity contribution < 1.29 is 4.74 Å². The molecule has 1 N–H and O–H groups in total. The maximum atomic E-state index is 9.59. The number of morpholine rings is 1. The Morgan fingerprint density at radius 1 is 1.12 bits per heavy atom. The van der Waals surface area contributed by atoms with Crippen molar-refractivity contribution in [3.63, 3.8) is 0 Å². The van der Waals surface area contributed by atoms with E-state index in [1.54, 1.807) is 24.4 Å². The van der Waals surface area contributed by atoms with Gasteiger partial charge in [0.25, 0.3) is 0 Å². The van der Waals surface area contributed by atoms with E-state index in [0.717, 1.165) is 55.7 Å². The predicted molar refractivity (Wildman–Crippen MR) is 136 cm³/mol. The summed E-state index contributed by atoms with van der Waals surface area (Å²) in [5, 5.41) is 14.8. The standard InChI is InChI=1S/C26H26Cl2N4O/c27-21-7-9-24(23(28)16-21)31-26-20(17-29)18-30-25-15-19(6-8-22(25)26)5-3-1-2-4-10-32-11-13-33-14-12-32/h3,5-9,15-16,18H,1-2,4,10-14H2,(H,30,31)/b5-3+. The number of allylic oxidation sites excluding steroid dienone is 1. The number of hydrogen-bond donors (Lipinski definition) is 1. The Hall–Kier alpha value is -2.62. The third-order valence-electron chi connectivity index (χ3n) is 5.71. The number of fused-ring (bicyclic) bond motifs is 1. The summed E-state index contributed by atoms with van der Waals surface area (Å²) in [5.74, 6) is 0. The van der Waals surface area contributed by atoms with Gasteiger partial charge in [-0.05, 0) is 55.6 Å². The SMILES string of the molecule is N#Cc1cnc2cc(/C=C/CCCCN3CCOCC3)ccc2c1Nc1ccc(Cl)cc1Cl. The van der Waals surface area contributed by atoms with Crippen molar-refractivity contribution in [3.8, 4) is 6.07 Å². The van der Waals surface area contributed by atoms with E-state index in [9.17, 15) is 5.26 Å². The summed E-state index contributed by atoms with van der Waals surface area (Å²) in [6.45, 7) is 4.96. The third-order valence-corrected chi connectivity index (χ3v) is 6.26. The lowest BCUT2D eigenvalue weighted by atomic mass is 10.1. The topological polar surface area (TPSA) is 61.2 Å². The van der Waals surface area contributed by atoms with Gasteiger partial charge in [-0.15, -0.1) is 0 Å². The molecule has 0 atom stereocenters. The van der Waals surface area contributed by atoms with Gasteiger partial charge >= 0.3 is 0 Å². The molecule has 1 aromatic heterocycles. The molecular formula is C26H26Cl2N4O. The average Bonchev–Trinajstić information content (AvgIpc) is 2.83. The molecule has 3 aromatic rings. The second-order valence-corrected chi connectivity index (χ2v) is 8.88. The van der Waals surface area contributed by atoms with Gasteiger partial charge < -0.3 is 10.1 Å². The van der Waals surface area contributed by atoms with Crippen LogP contribution in [0.5, 0.6) is 0 Å². The van der Waals surface area contributed by atoms with Gasteiger partial charge in [0.1, 0.15) is 6.07 Å². The molecule has 2 aromatic carbocycles. The van der Waals surface area contributed by atoms with E-state index in [1.807, 2.05) is 18.2 Å². The smallest absolute Gasteiger partial charge is 0.103 e. The van der Waals surface area contributed by atoms with Gasteiger partial charge in [0.15, 0.2) is 0 Å². The highest BCUT2D eigenvalue weighted by molar-refractivity contribution is 6.36. The fourth-order valence-corrected chi connectivity index (χ4v) is 4.36. The first-order valence-electron chi connectivity index (χ1n) is 11.2. The molecule has 0 unspecified atom stereocenters. The first-order chi connectivity index (χ1) is 16.1. The van der Waals surface area contributed by atoms with E-state index in [-0.39, 0.29) is 0 Å². The van der Waals surface area contributed by atoms with Crippen molar-refractivity contribution >= 4 is 51.6 Å². The molecule has 4 rings (SSSR count). The van der Waals surface area contributed by atoms with Crippen molar-refractivity contribution in [2.45, 2.75) is 19.3 Å². The average molecular weight is 481 g/mol. The number of rotatable bonds is 8. The molecule has 0 amide bonds. The van der Waals surface area contributed by atoms with Crippen LogP contribution in [0.4, 0.5) is 11.4 Å². The predicted octanol–water partition coefficient (Wildman–Crippen LogP) is 6.67. The highest BCUT2D eigenvalue weighted by Gasteiger charge is 2.12. The first-order valence-corrected chi connectivity index (χ1v) is 11.9. The summed E-state index contributed by atoms with van der Waals surface area (Å²) in [4.78, 5) is 6.97. The molecule has 7 heteroatoms. The number of unbranched alkanes of at least 4 members (excludes halogenated alkanes) is 2. The van der Waals surface area contributed by atoms with Gasteiger partial charge in [0, 0.05) is 29.7 Å². The van der Waals surface area contributed by atoms with Crippen molar-refractivity contribution in [1.29, 1.82) is 5.26 Å². The zero-order chi connectivity index (χ0) is 23.0. The molecule has 0 spiro atoms. The fraction of sp³-hybridized carbons (Fsp3) is 0.308. The molecule has 170 valence electrons. The van der Waals surface area contributed by atoms with Crippen LogP contribution in [0, 0.1) is 11.3 Å². The fourth-order valence-electron chi connectivity index (χ4n) is 3.90. The van der Waals surface area contributed by atoms with Crippen LogP contribution in [0.15, 0.2) is 48.7 Å². The molecule has 33 heavy (non-hydrogen) atoms. The van der Waals surface area contributed by atoms with Crippen molar-refractivity contribution in [2.75, 3.05) is 38.2 Å². The molecular weight excluding hydrogens is 455 g/mol. The Balaban J connectivity index is 1.43. The van der Waals surface area contributed by atoms with Gasteiger partial charge in [-0.2, -0.15) is 5.26 Å². The number of nitrogens with zero attached hydrogens (tertiary/aromatic N) is 3. The summed E-state index contributed by atoms with van der Waals surface area (Å²) < 4.78 is 5.40. The molecule has 1 aliphatic rings. The van der Waals surface area contributed by atoms with Crippen LogP contribution in [0.1, 0.15) is 30.4 Å². The Labute approximate surface area is 204 Å². The van der Waals surface area contributed by atoms with Crippen molar-refractivity contribution in [2.24, 2.45) is 0 Å². The van der Waals surface area contributed by atoms with Gasteiger partial charge in [-0.3, -0.25) is 9.88 Å². The van der Waals surface area contributed by atoms with E-state index < -0.39 is 0 Å². The van der Waals surface area contributed by atoms with Crippen molar-refractivity contribution in [3.05, 3.63) is 69.8 Å². The maximum absolute atomic E-state index is 9.59. The minimum absolute atomic E-state index is 0.456. The molecule has 0 radical (unpaired) electrons. The van der Waals surface area contributed by atoms with E-state index in [4.69, 9.17) is 27.9 Å². The molecule has 1 fully saturated rings. The van der Waals surface area contributed by atoms with E-state index >= 15 is 0 Å². The van der Waals surface area contributed by atoms with Crippen LogP contribution in [0.3, 0.4) is 0 Å². The van der Waals surface area contributed by atoms with Crippen LogP contribution in [0.2, 0.25) is 10.0 Å². The van der Waals surface area contributed by atoms with Gasteiger partial charge in [-0.25, -0.2) is 0 Å². The third kappa shape index (κ3) is 6.25. The van der Waals surface area contributed by atoms with Gasteiger partial charge in [0.05, 0.1) is 40.7 Å². The second-order valence-electron chi connectivity index (χ2n) is 8.04. The number of ether oxygens (including phenoxy) is 1. The Kier molecular flexibility index (Phi) is 8.20. The number of benzene rings is 2. The van der Waals surface area contributed by atoms with E-state index in [2.05, 4.69) is 33.4 Å².